The van der Waals surface area contributed by atoms with Crippen LogP contribution in [-0.4, -0.2) is 59.8 Å². The monoisotopic (exact) mass is 371 g/mol. The van der Waals surface area contributed by atoms with Crippen LogP contribution in [0.3, 0.4) is 0 Å². The Bertz CT molecular complexity index is 932. The molecule has 0 saturated carbocycles. The van der Waals surface area contributed by atoms with Gasteiger partial charge in [0.1, 0.15) is 29.7 Å². The summed E-state index contributed by atoms with van der Waals surface area (Å²) in [6, 6.07) is 9.98. The van der Waals surface area contributed by atoms with Crippen molar-refractivity contribution in [3.8, 4) is 0 Å². The minimum absolute atomic E-state index is 0.244. The highest BCUT2D eigenvalue weighted by Gasteiger charge is 2.44. The summed E-state index contributed by atoms with van der Waals surface area (Å²) in [6.45, 7) is -0.402. The number of aromatic nitrogens is 4. The maximum absolute atomic E-state index is 10.3. The molecular formula is C18H21N5O4. The van der Waals surface area contributed by atoms with Crippen LogP contribution in [0.2, 0.25) is 0 Å². The molecule has 0 amide bonds. The number of aliphatic hydroxyl groups is 3. The minimum Gasteiger partial charge on any atom is -0.394 e. The van der Waals surface area contributed by atoms with Crippen LogP contribution in [-0.2, 0) is 17.6 Å². The molecule has 2 aromatic heterocycles. The summed E-state index contributed by atoms with van der Waals surface area (Å²) in [6.07, 6.45) is -1.42. The smallest absolute Gasteiger partial charge is 0.167 e. The summed E-state index contributed by atoms with van der Waals surface area (Å²) in [4.78, 5) is 13.1. The number of anilines is 1. The lowest BCUT2D eigenvalue weighted by Crippen LogP contribution is -2.33. The van der Waals surface area contributed by atoms with Crippen LogP contribution in [0.4, 0.5) is 5.82 Å². The quantitative estimate of drug-likeness (QED) is 0.484. The highest BCUT2D eigenvalue weighted by atomic mass is 16.6. The second-order valence-corrected chi connectivity index (χ2v) is 6.56. The largest absolute Gasteiger partial charge is 0.394 e. The van der Waals surface area contributed by atoms with Crippen LogP contribution in [0.25, 0.3) is 11.2 Å². The Morgan fingerprint density at radius 1 is 1.07 bits per heavy atom. The van der Waals surface area contributed by atoms with Gasteiger partial charge in [0, 0.05) is 6.42 Å². The first-order valence-electron chi connectivity index (χ1n) is 8.73. The van der Waals surface area contributed by atoms with E-state index in [9.17, 15) is 15.3 Å². The maximum atomic E-state index is 10.3. The molecule has 142 valence electrons. The summed E-state index contributed by atoms with van der Waals surface area (Å²) in [5, 5.41) is 29.5. The van der Waals surface area contributed by atoms with Crippen molar-refractivity contribution in [2.24, 2.45) is 0 Å². The summed E-state index contributed by atoms with van der Waals surface area (Å²) < 4.78 is 7.09. The van der Waals surface area contributed by atoms with E-state index in [1.54, 1.807) is 0 Å². The molecule has 0 spiro atoms. The van der Waals surface area contributed by atoms with Crippen LogP contribution >= 0.6 is 0 Å². The number of nitrogens with zero attached hydrogens (tertiary/aromatic N) is 4. The van der Waals surface area contributed by atoms with Gasteiger partial charge in [0.2, 0.25) is 0 Å². The van der Waals surface area contributed by atoms with Gasteiger partial charge in [-0.05, 0) is 12.0 Å². The molecule has 0 bridgehead atoms. The van der Waals surface area contributed by atoms with Gasteiger partial charge < -0.3 is 25.8 Å². The SMILES string of the molecule is Nc1nc(CCc2ccccc2)nc2c1ncn2[C@@H]1O[C@H](CO)[C@@H](O)[C@@H]1O. The molecule has 0 unspecified atom stereocenters. The Balaban J connectivity index is 1.64. The molecule has 3 aromatic rings. The highest BCUT2D eigenvalue weighted by molar-refractivity contribution is 5.81. The average molecular weight is 371 g/mol. The first-order valence-corrected chi connectivity index (χ1v) is 8.73. The van der Waals surface area contributed by atoms with Crippen LogP contribution in [0.5, 0.6) is 0 Å². The molecule has 4 atom stereocenters. The number of rotatable bonds is 5. The average Bonchev–Trinajstić information content (AvgIpc) is 3.23. The summed E-state index contributed by atoms with van der Waals surface area (Å²) in [7, 11) is 0. The number of nitrogen functional groups attached to an aromatic ring is 1. The number of aliphatic hydroxyl groups excluding tert-OH is 3. The molecule has 0 radical (unpaired) electrons. The van der Waals surface area contributed by atoms with Crippen molar-refractivity contribution in [3.63, 3.8) is 0 Å². The molecule has 27 heavy (non-hydrogen) atoms. The number of imidazole rings is 1. The highest BCUT2D eigenvalue weighted by Crippen LogP contribution is 2.32. The number of hydrogen-bond donors (Lipinski definition) is 4. The van der Waals surface area contributed by atoms with Crippen molar-refractivity contribution in [2.45, 2.75) is 37.4 Å². The van der Waals surface area contributed by atoms with E-state index in [2.05, 4.69) is 15.0 Å². The fraction of sp³-hybridized carbons (Fsp3) is 0.389. The Morgan fingerprint density at radius 2 is 1.85 bits per heavy atom. The fourth-order valence-electron chi connectivity index (χ4n) is 3.29. The second kappa shape index (κ2) is 7.20. The van der Waals surface area contributed by atoms with Gasteiger partial charge in [-0.1, -0.05) is 30.3 Å². The molecule has 1 saturated heterocycles. The van der Waals surface area contributed by atoms with Gasteiger partial charge in [-0.3, -0.25) is 4.57 Å². The molecule has 1 fully saturated rings. The third-order valence-electron chi connectivity index (χ3n) is 4.77. The number of fused-ring (bicyclic) bond motifs is 1. The van der Waals surface area contributed by atoms with Crippen molar-refractivity contribution < 1.29 is 20.1 Å². The maximum Gasteiger partial charge on any atom is 0.167 e. The normalized spacial score (nSPS) is 25.3. The summed E-state index contributed by atoms with van der Waals surface area (Å²) >= 11 is 0. The molecule has 1 aliphatic heterocycles. The van der Waals surface area contributed by atoms with Crippen molar-refractivity contribution in [1.82, 2.24) is 19.5 Å². The topological polar surface area (TPSA) is 140 Å². The van der Waals surface area contributed by atoms with Crippen LogP contribution in [0.15, 0.2) is 36.7 Å². The first kappa shape index (κ1) is 17.8. The Morgan fingerprint density at radius 3 is 2.56 bits per heavy atom. The number of aryl methyl sites for hydroxylation is 2. The molecule has 9 nitrogen and oxygen atoms in total. The second-order valence-electron chi connectivity index (χ2n) is 6.56. The lowest BCUT2D eigenvalue weighted by molar-refractivity contribution is -0.0511. The van der Waals surface area contributed by atoms with Crippen LogP contribution in [0, 0.1) is 0 Å². The fourth-order valence-corrected chi connectivity index (χ4v) is 3.29. The van der Waals surface area contributed by atoms with Gasteiger partial charge >= 0.3 is 0 Å². The molecule has 9 heteroatoms. The van der Waals surface area contributed by atoms with E-state index >= 15 is 0 Å². The predicted molar refractivity (Wildman–Crippen MR) is 96.6 cm³/mol. The summed E-state index contributed by atoms with van der Waals surface area (Å²) in [5.74, 6) is 0.797. The van der Waals surface area contributed by atoms with Crippen molar-refractivity contribution >= 4 is 17.0 Å². The molecule has 1 aliphatic rings. The molecule has 0 aliphatic carbocycles. The molecule has 1 aromatic carbocycles. The van der Waals surface area contributed by atoms with Crippen molar-refractivity contribution in [1.29, 1.82) is 0 Å². The first-order chi connectivity index (χ1) is 13.1. The van der Waals surface area contributed by atoms with Crippen molar-refractivity contribution in [3.05, 3.63) is 48.0 Å². The Kier molecular flexibility index (Phi) is 4.75. The minimum atomic E-state index is -1.22. The zero-order valence-electron chi connectivity index (χ0n) is 14.5. The lowest BCUT2D eigenvalue weighted by atomic mass is 10.1. The van der Waals surface area contributed by atoms with E-state index in [4.69, 9.17) is 10.5 Å². The van der Waals surface area contributed by atoms with Crippen molar-refractivity contribution in [2.75, 3.05) is 12.3 Å². The Labute approximate surface area is 155 Å². The van der Waals surface area contributed by atoms with Gasteiger partial charge in [0.25, 0.3) is 0 Å². The molecular weight excluding hydrogens is 350 g/mol. The third kappa shape index (κ3) is 3.26. The summed E-state index contributed by atoms with van der Waals surface area (Å²) in [5.41, 5.74) is 8.01. The van der Waals surface area contributed by atoms with E-state index in [0.717, 1.165) is 12.0 Å². The standard InChI is InChI=1S/C18H21N5O4/c19-16-13-17(22-12(21-16)7-6-10-4-2-1-3-5-10)23(9-20-13)18-15(26)14(25)11(8-24)27-18/h1-5,9,11,14-15,18,24-26H,6-8H2,(H2,19,21,22)/t11-,14-,15+,18-/m1/s1. The molecule has 3 heterocycles. The van der Waals surface area contributed by atoms with E-state index in [-0.39, 0.29) is 5.82 Å². The number of benzene rings is 1. The zero-order chi connectivity index (χ0) is 19.0. The predicted octanol–water partition coefficient (Wildman–Crippen LogP) is -0.195. The van der Waals surface area contributed by atoms with Gasteiger partial charge in [-0.25, -0.2) is 15.0 Å². The van der Waals surface area contributed by atoms with E-state index in [1.807, 2.05) is 30.3 Å². The van der Waals surface area contributed by atoms with E-state index in [1.165, 1.54) is 10.9 Å². The van der Waals surface area contributed by atoms with Crippen LogP contribution < -0.4 is 5.73 Å². The third-order valence-corrected chi connectivity index (χ3v) is 4.77. The van der Waals surface area contributed by atoms with Gasteiger partial charge in [0.05, 0.1) is 12.9 Å². The lowest BCUT2D eigenvalue weighted by Gasteiger charge is -2.16. The number of hydrogen-bond acceptors (Lipinski definition) is 8. The van der Waals surface area contributed by atoms with E-state index < -0.39 is 31.1 Å². The Hall–Kier alpha value is -2.59. The van der Waals surface area contributed by atoms with Gasteiger partial charge in [-0.2, -0.15) is 0 Å². The van der Waals surface area contributed by atoms with E-state index in [0.29, 0.717) is 23.4 Å². The van der Waals surface area contributed by atoms with Gasteiger partial charge in [0.15, 0.2) is 17.7 Å². The van der Waals surface area contributed by atoms with Crippen LogP contribution in [0.1, 0.15) is 17.6 Å². The molecule has 4 rings (SSSR count). The number of nitrogens with two attached hydrogens (primary N) is 1. The number of ether oxygens (including phenoxy) is 1. The zero-order valence-corrected chi connectivity index (χ0v) is 14.5. The van der Waals surface area contributed by atoms with Gasteiger partial charge in [-0.15, -0.1) is 0 Å². The molecule has 5 N–H and O–H groups in total.